The van der Waals surface area contributed by atoms with Gasteiger partial charge in [0.2, 0.25) is 0 Å². The maximum absolute atomic E-state index is 13.4. The van der Waals surface area contributed by atoms with E-state index in [1.807, 2.05) is 0 Å². The Morgan fingerprint density at radius 2 is 1.85 bits per heavy atom. The molecule has 5 rings (SSSR count). The number of aliphatic hydroxyl groups is 2. The maximum Gasteiger partial charge on any atom is 0.338 e. The number of ether oxygens (including phenoxy) is 2. The Hall–Kier alpha value is -2.51. The number of carbonyl (C=O) groups is 2. The van der Waals surface area contributed by atoms with Crippen LogP contribution in [0.25, 0.3) is 0 Å². The summed E-state index contributed by atoms with van der Waals surface area (Å²) in [6.07, 6.45) is 2.33. The average molecular weight is 541 g/mol. The lowest BCUT2D eigenvalue weighted by Gasteiger charge is -2.54. The lowest BCUT2D eigenvalue weighted by molar-refractivity contribution is -0.209. The normalized spacial score (nSPS) is 41.9. The van der Waals surface area contributed by atoms with Gasteiger partial charge in [-0.05, 0) is 98.5 Å². The first kappa shape index (κ1) is 28.0. The summed E-state index contributed by atoms with van der Waals surface area (Å²) >= 11 is 0. The second-order valence-electron chi connectivity index (χ2n) is 13.1. The van der Waals surface area contributed by atoms with E-state index in [2.05, 4.69) is 40.3 Å². The van der Waals surface area contributed by atoms with Gasteiger partial charge in [0.1, 0.15) is 23.6 Å². The molecule has 2 saturated carbocycles. The highest BCUT2D eigenvalue weighted by Gasteiger charge is 2.62. The Labute approximate surface area is 230 Å². The fourth-order valence-corrected chi connectivity index (χ4v) is 8.52. The molecule has 10 unspecified atom stereocenters. The van der Waals surface area contributed by atoms with Crippen molar-refractivity contribution in [1.29, 1.82) is 0 Å². The highest BCUT2D eigenvalue weighted by molar-refractivity contribution is 5.89. The topological polar surface area (TPSA) is 93.1 Å². The van der Waals surface area contributed by atoms with E-state index < -0.39 is 41.5 Å². The van der Waals surface area contributed by atoms with E-state index in [0.29, 0.717) is 24.0 Å². The summed E-state index contributed by atoms with van der Waals surface area (Å²) < 4.78 is 24.9. The van der Waals surface area contributed by atoms with Crippen LogP contribution in [0.4, 0.5) is 4.39 Å². The number of aliphatic hydroxyl groups excluding tert-OH is 1. The van der Waals surface area contributed by atoms with Crippen LogP contribution in [-0.4, -0.2) is 46.1 Å². The third kappa shape index (κ3) is 4.46. The van der Waals surface area contributed by atoms with Crippen LogP contribution in [-0.2, 0) is 14.3 Å². The number of hydrogen-bond acceptors (Lipinski definition) is 6. The molecule has 1 aromatic carbocycles. The number of hydrogen-bond donors (Lipinski definition) is 2. The van der Waals surface area contributed by atoms with Crippen LogP contribution >= 0.6 is 0 Å². The molecule has 2 N–H and O–H groups in total. The molecule has 212 valence electrons. The third-order valence-electron chi connectivity index (χ3n) is 10.6. The Bertz CT molecular complexity index is 1190. The molecule has 1 aromatic rings. The highest BCUT2D eigenvalue weighted by Crippen LogP contribution is 2.63. The smallest absolute Gasteiger partial charge is 0.338 e. The average Bonchev–Trinajstić information content (AvgIpc) is 3.16. The molecule has 0 amide bonds. The second-order valence-corrected chi connectivity index (χ2v) is 13.1. The zero-order valence-electron chi connectivity index (χ0n) is 23.5. The molecule has 0 radical (unpaired) electrons. The number of allylic oxidation sites excluding steroid dienone is 2. The van der Waals surface area contributed by atoms with E-state index in [9.17, 15) is 24.2 Å². The minimum Gasteiger partial charge on any atom is -0.460 e. The molecule has 0 bridgehead atoms. The van der Waals surface area contributed by atoms with E-state index in [1.165, 1.54) is 29.8 Å². The van der Waals surface area contributed by atoms with Gasteiger partial charge in [-0.25, -0.2) is 14.0 Å². The molecular weight excluding hydrogens is 499 g/mol. The first-order valence-electron chi connectivity index (χ1n) is 14.2. The van der Waals surface area contributed by atoms with Crippen molar-refractivity contribution in [1.82, 2.24) is 0 Å². The van der Waals surface area contributed by atoms with Crippen LogP contribution in [0.15, 0.2) is 48.1 Å². The van der Waals surface area contributed by atoms with Crippen LogP contribution in [0.2, 0.25) is 0 Å². The van der Waals surface area contributed by atoms with E-state index in [1.54, 1.807) is 6.92 Å². The summed E-state index contributed by atoms with van der Waals surface area (Å²) in [6, 6.07) is 5.42. The number of rotatable bonds is 3. The van der Waals surface area contributed by atoms with Crippen LogP contribution in [0.1, 0.15) is 70.7 Å². The molecule has 0 spiro atoms. The number of cyclic esters (lactones) is 1. The Kier molecular flexibility index (Phi) is 7.08. The van der Waals surface area contributed by atoms with Crippen molar-refractivity contribution in [3.8, 4) is 0 Å². The molecule has 6 nitrogen and oxygen atoms in total. The van der Waals surface area contributed by atoms with Crippen molar-refractivity contribution in [2.75, 3.05) is 0 Å². The summed E-state index contributed by atoms with van der Waals surface area (Å²) in [5.41, 5.74) is 0.167. The number of carbonyl (C=O) groups excluding carboxylic acids is 2. The van der Waals surface area contributed by atoms with Gasteiger partial charge in [0.05, 0.1) is 5.56 Å². The van der Waals surface area contributed by atoms with Gasteiger partial charge in [-0.2, -0.15) is 0 Å². The van der Waals surface area contributed by atoms with Gasteiger partial charge < -0.3 is 19.7 Å². The van der Waals surface area contributed by atoms with E-state index >= 15 is 0 Å². The second kappa shape index (κ2) is 9.84. The van der Waals surface area contributed by atoms with Gasteiger partial charge >= 0.3 is 11.9 Å². The van der Waals surface area contributed by atoms with Crippen LogP contribution in [0.5, 0.6) is 0 Å². The van der Waals surface area contributed by atoms with Gasteiger partial charge in [-0.3, -0.25) is 0 Å². The molecule has 1 saturated heterocycles. The van der Waals surface area contributed by atoms with Crippen molar-refractivity contribution >= 4 is 11.9 Å². The zero-order chi connectivity index (χ0) is 28.4. The fraction of sp³-hybridized carbons (Fsp3) is 0.625. The van der Waals surface area contributed by atoms with Gasteiger partial charge in [0.25, 0.3) is 0 Å². The summed E-state index contributed by atoms with van der Waals surface area (Å²) in [4.78, 5) is 25.6. The van der Waals surface area contributed by atoms with Crippen molar-refractivity contribution in [2.45, 2.75) is 84.2 Å². The molecular formula is C32H41FO6. The Morgan fingerprint density at radius 3 is 2.49 bits per heavy atom. The van der Waals surface area contributed by atoms with E-state index in [4.69, 9.17) is 9.47 Å². The van der Waals surface area contributed by atoms with Crippen LogP contribution in [0, 0.1) is 46.7 Å². The number of halogens is 1. The van der Waals surface area contributed by atoms with Crippen molar-refractivity contribution in [3.05, 3.63) is 59.4 Å². The monoisotopic (exact) mass is 540 g/mol. The first-order valence-corrected chi connectivity index (χ1v) is 14.2. The summed E-state index contributed by atoms with van der Waals surface area (Å²) in [5, 5.41) is 23.0. The molecule has 0 aromatic heterocycles. The molecule has 3 fully saturated rings. The van der Waals surface area contributed by atoms with Crippen molar-refractivity contribution in [3.63, 3.8) is 0 Å². The molecule has 4 aliphatic rings. The van der Waals surface area contributed by atoms with Gasteiger partial charge in [0.15, 0.2) is 6.10 Å². The predicted molar refractivity (Wildman–Crippen MR) is 144 cm³/mol. The van der Waals surface area contributed by atoms with Crippen molar-refractivity contribution < 1.29 is 33.7 Å². The van der Waals surface area contributed by atoms with Gasteiger partial charge in [-0.15, -0.1) is 0 Å². The SMILES string of the molecule is C=C1C2CC3C(C(C)C)C(OC(=O)c4ccc(F)cc4)CC3(C)CC2C(C)=CCC2C(C)OC(=O)C(O)C12O. The predicted octanol–water partition coefficient (Wildman–Crippen LogP) is 5.24. The Morgan fingerprint density at radius 1 is 1.18 bits per heavy atom. The molecule has 1 heterocycles. The lowest BCUT2D eigenvalue weighted by atomic mass is 9.53. The molecule has 3 aliphatic carbocycles. The molecule has 10 atom stereocenters. The maximum atomic E-state index is 13.4. The van der Waals surface area contributed by atoms with E-state index in [-0.39, 0.29) is 41.1 Å². The molecule has 1 aliphatic heterocycles. The zero-order valence-corrected chi connectivity index (χ0v) is 23.5. The summed E-state index contributed by atoms with van der Waals surface area (Å²) in [5.74, 6) is -1.73. The number of esters is 2. The molecule has 39 heavy (non-hydrogen) atoms. The van der Waals surface area contributed by atoms with Crippen LogP contribution < -0.4 is 0 Å². The fourth-order valence-electron chi connectivity index (χ4n) is 8.52. The lowest BCUT2D eigenvalue weighted by Crippen LogP contribution is -2.63. The minimum atomic E-state index is -1.77. The van der Waals surface area contributed by atoms with Gasteiger partial charge in [-0.1, -0.05) is 39.0 Å². The highest BCUT2D eigenvalue weighted by atomic mass is 19.1. The summed E-state index contributed by atoms with van der Waals surface area (Å²) in [7, 11) is 0. The van der Waals surface area contributed by atoms with Crippen LogP contribution in [0.3, 0.4) is 0 Å². The van der Waals surface area contributed by atoms with Gasteiger partial charge in [0, 0.05) is 11.8 Å². The Balaban J connectivity index is 1.48. The minimum absolute atomic E-state index is 0.0773. The standard InChI is InChI=1S/C32H41FO6/c1-16(2)27-25-13-22-18(4)32(37)24(19(5)38-30(36)28(32)34)12-7-17(3)23(22)14-31(25,6)15-26(27)39-29(35)20-8-10-21(33)11-9-20/h7-11,16,19,22-28,34,37H,4,12-15H2,1-3,5-6H3. The molecule has 7 heteroatoms. The quantitative estimate of drug-likeness (QED) is 0.403. The van der Waals surface area contributed by atoms with E-state index in [0.717, 1.165) is 12.8 Å². The number of fused-ring (bicyclic) bond motifs is 3. The third-order valence-corrected chi connectivity index (χ3v) is 10.6. The van der Waals surface area contributed by atoms with Crippen molar-refractivity contribution in [2.24, 2.45) is 40.9 Å². The number of benzene rings is 1. The summed E-state index contributed by atoms with van der Waals surface area (Å²) in [6.45, 7) is 14.8. The first-order chi connectivity index (χ1) is 18.3. The largest absolute Gasteiger partial charge is 0.460 e.